The Labute approximate surface area is 190 Å². The van der Waals surface area contributed by atoms with E-state index in [1.54, 1.807) is 0 Å². The van der Waals surface area contributed by atoms with Crippen LogP contribution in [0.3, 0.4) is 0 Å². The van der Waals surface area contributed by atoms with Gasteiger partial charge >= 0.3 is 5.97 Å². The molecule has 0 saturated heterocycles. The molecular weight excluding hydrogens is 400 g/mol. The fourth-order valence-electron chi connectivity index (χ4n) is 4.69. The molecule has 0 unspecified atom stereocenters. The molecule has 5 nitrogen and oxygen atoms in total. The summed E-state index contributed by atoms with van der Waals surface area (Å²) in [4.78, 5) is 19.8. The Bertz CT molecular complexity index is 1010. The SMILES string of the molecule is COC(=O)CCCCCOc1ccc2[nH]c(-c3ccccc3)nc2c1CC1CCCCC1. The monoisotopic (exact) mass is 434 g/mol. The molecule has 0 spiro atoms. The van der Waals surface area contributed by atoms with Gasteiger partial charge in [-0.25, -0.2) is 4.98 Å². The van der Waals surface area contributed by atoms with E-state index in [9.17, 15) is 4.79 Å². The van der Waals surface area contributed by atoms with Gasteiger partial charge in [-0.15, -0.1) is 0 Å². The molecule has 3 aromatic rings. The van der Waals surface area contributed by atoms with Crippen LogP contribution in [0.4, 0.5) is 0 Å². The minimum atomic E-state index is -0.140. The van der Waals surface area contributed by atoms with Crippen molar-refractivity contribution in [1.82, 2.24) is 9.97 Å². The van der Waals surface area contributed by atoms with Crippen LogP contribution in [-0.4, -0.2) is 29.7 Å². The first-order valence-electron chi connectivity index (χ1n) is 12.0. The van der Waals surface area contributed by atoms with Gasteiger partial charge in [0.25, 0.3) is 0 Å². The van der Waals surface area contributed by atoms with Crippen molar-refractivity contribution in [3.8, 4) is 17.1 Å². The number of carbonyl (C=O) groups excluding carboxylic acids is 1. The lowest BCUT2D eigenvalue weighted by atomic mass is 9.84. The second-order valence-corrected chi connectivity index (χ2v) is 8.83. The number of aromatic amines is 1. The van der Waals surface area contributed by atoms with Crippen LogP contribution in [0.5, 0.6) is 5.75 Å². The maximum Gasteiger partial charge on any atom is 0.305 e. The average Bonchev–Trinajstić information content (AvgIpc) is 3.28. The molecule has 0 amide bonds. The largest absolute Gasteiger partial charge is 0.493 e. The summed E-state index contributed by atoms with van der Waals surface area (Å²) >= 11 is 0. The molecule has 1 saturated carbocycles. The summed E-state index contributed by atoms with van der Waals surface area (Å²) in [6.07, 6.45) is 10.8. The van der Waals surface area contributed by atoms with Gasteiger partial charge < -0.3 is 14.5 Å². The quantitative estimate of drug-likeness (QED) is 0.294. The van der Waals surface area contributed by atoms with Crippen LogP contribution in [-0.2, 0) is 16.0 Å². The zero-order chi connectivity index (χ0) is 22.2. The van der Waals surface area contributed by atoms with Crippen LogP contribution >= 0.6 is 0 Å². The van der Waals surface area contributed by atoms with Gasteiger partial charge in [0, 0.05) is 17.5 Å². The zero-order valence-electron chi connectivity index (χ0n) is 19.1. The Balaban J connectivity index is 1.51. The van der Waals surface area contributed by atoms with Gasteiger partial charge in [-0.2, -0.15) is 0 Å². The molecule has 1 N–H and O–H groups in total. The van der Waals surface area contributed by atoms with Crippen molar-refractivity contribution in [2.75, 3.05) is 13.7 Å². The molecular formula is C27H34N2O3. The number of imidazole rings is 1. The van der Waals surface area contributed by atoms with Crippen LogP contribution in [0, 0.1) is 5.92 Å². The van der Waals surface area contributed by atoms with Gasteiger partial charge in [0.1, 0.15) is 11.6 Å². The molecule has 32 heavy (non-hydrogen) atoms. The fourth-order valence-corrected chi connectivity index (χ4v) is 4.69. The van der Waals surface area contributed by atoms with Crippen LogP contribution in [0.2, 0.25) is 0 Å². The highest BCUT2D eigenvalue weighted by Crippen LogP contribution is 2.35. The van der Waals surface area contributed by atoms with Crippen molar-refractivity contribution < 1.29 is 14.3 Å². The molecule has 1 aromatic heterocycles. The molecule has 1 heterocycles. The number of fused-ring (bicyclic) bond motifs is 1. The number of aromatic nitrogens is 2. The Morgan fingerprint density at radius 3 is 2.62 bits per heavy atom. The van der Waals surface area contributed by atoms with Gasteiger partial charge in [-0.1, -0.05) is 62.4 Å². The molecule has 5 heteroatoms. The van der Waals surface area contributed by atoms with Crippen molar-refractivity contribution in [3.05, 3.63) is 48.0 Å². The molecule has 1 aliphatic rings. The molecule has 4 rings (SSSR count). The number of unbranched alkanes of at least 4 members (excludes halogenated alkanes) is 2. The highest BCUT2D eigenvalue weighted by molar-refractivity contribution is 5.84. The van der Waals surface area contributed by atoms with Crippen molar-refractivity contribution >= 4 is 17.0 Å². The van der Waals surface area contributed by atoms with E-state index in [4.69, 9.17) is 14.5 Å². The average molecular weight is 435 g/mol. The molecule has 1 fully saturated rings. The molecule has 0 atom stereocenters. The van der Waals surface area contributed by atoms with E-state index in [2.05, 4.69) is 29.2 Å². The van der Waals surface area contributed by atoms with Crippen molar-refractivity contribution in [2.24, 2.45) is 5.92 Å². The minimum absolute atomic E-state index is 0.140. The number of hydrogen-bond acceptors (Lipinski definition) is 4. The molecule has 0 radical (unpaired) electrons. The summed E-state index contributed by atoms with van der Waals surface area (Å²) in [7, 11) is 1.44. The number of carbonyl (C=O) groups is 1. The lowest BCUT2D eigenvalue weighted by Crippen LogP contribution is -2.11. The van der Waals surface area contributed by atoms with Gasteiger partial charge in [0.15, 0.2) is 0 Å². The topological polar surface area (TPSA) is 64.2 Å². The van der Waals surface area contributed by atoms with E-state index >= 15 is 0 Å². The number of benzene rings is 2. The van der Waals surface area contributed by atoms with E-state index in [1.165, 1.54) is 44.8 Å². The Morgan fingerprint density at radius 2 is 1.84 bits per heavy atom. The van der Waals surface area contributed by atoms with Crippen LogP contribution in [0.15, 0.2) is 42.5 Å². The Hall–Kier alpha value is -2.82. The van der Waals surface area contributed by atoms with Gasteiger partial charge in [0.05, 0.1) is 24.8 Å². The first-order chi connectivity index (χ1) is 15.7. The Morgan fingerprint density at radius 1 is 1.03 bits per heavy atom. The maximum absolute atomic E-state index is 11.3. The summed E-state index contributed by atoms with van der Waals surface area (Å²) in [6, 6.07) is 14.5. The molecule has 2 aromatic carbocycles. The predicted molar refractivity (Wildman–Crippen MR) is 128 cm³/mol. The van der Waals surface area contributed by atoms with E-state index in [0.29, 0.717) is 18.9 Å². The summed E-state index contributed by atoms with van der Waals surface area (Å²) in [5.74, 6) is 2.43. The number of rotatable bonds is 10. The number of esters is 1. The van der Waals surface area contributed by atoms with Crippen molar-refractivity contribution in [1.29, 1.82) is 0 Å². The zero-order valence-corrected chi connectivity index (χ0v) is 19.1. The fraction of sp³-hybridized carbons (Fsp3) is 0.481. The normalized spacial score (nSPS) is 14.5. The summed E-state index contributed by atoms with van der Waals surface area (Å²) in [5.41, 5.74) is 4.44. The van der Waals surface area contributed by atoms with E-state index in [1.807, 2.05) is 18.2 Å². The van der Waals surface area contributed by atoms with Crippen LogP contribution < -0.4 is 4.74 Å². The van der Waals surface area contributed by atoms with Gasteiger partial charge in [-0.05, 0) is 43.7 Å². The number of nitrogens with one attached hydrogen (secondary N) is 1. The number of hydrogen-bond donors (Lipinski definition) is 1. The highest BCUT2D eigenvalue weighted by atomic mass is 16.5. The second kappa shape index (κ2) is 11.2. The van der Waals surface area contributed by atoms with E-state index in [0.717, 1.165) is 53.9 Å². The lowest BCUT2D eigenvalue weighted by Gasteiger charge is -2.23. The first kappa shape index (κ1) is 22.4. The van der Waals surface area contributed by atoms with Crippen molar-refractivity contribution in [3.63, 3.8) is 0 Å². The summed E-state index contributed by atoms with van der Waals surface area (Å²) in [6.45, 7) is 0.653. The third-order valence-corrected chi connectivity index (χ3v) is 6.49. The molecule has 170 valence electrons. The number of methoxy groups -OCH3 is 1. The van der Waals surface area contributed by atoms with E-state index in [-0.39, 0.29) is 5.97 Å². The maximum atomic E-state index is 11.3. The predicted octanol–water partition coefficient (Wildman–Crippen LogP) is 6.46. The first-order valence-corrected chi connectivity index (χ1v) is 12.0. The lowest BCUT2D eigenvalue weighted by molar-refractivity contribution is -0.140. The number of nitrogens with zero attached hydrogens (tertiary/aromatic N) is 1. The molecule has 1 aliphatic carbocycles. The molecule has 0 aliphatic heterocycles. The molecule has 0 bridgehead atoms. The number of ether oxygens (including phenoxy) is 2. The van der Waals surface area contributed by atoms with Crippen LogP contribution in [0.25, 0.3) is 22.4 Å². The number of H-pyrrole nitrogens is 1. The standard InChI is InChI=1S/C27H34N2O3/c1-31-25(30)15-9-4-10-18-32-24-17-16-23-26(22(24)19-20-11-5-2-6-12-20)29-27(28-23)21-13-7-3-8-14-21/h3,7-8,13-14,16-17,20H,2,4-6,9-12,15,18-19H2,1H3,(H,28,29). The van der Waals surface area contributed by atoms with E-state index < -0.39 is 0 Å². The third-order valence-electron chi connectivity index (χ3n) is 6.49. The smallest absolute Gasteiger partial charge is 0.305 e. The summed E-state index contributed by atoms with van der Waals surface area (Å²) < 4.78 is 11.0. The van der Waals surface area contributed by atoms with Crippen molar-refractivity contribution in [2.45, 2.75) is 64.2 Å². The minimum Gasteiger partial charge on any atom is -0.493 e. The van der Waals surface area contributed by atoms with Gasteiger partial charge in [-0.3, -0.25) is 4.79 Å². The highest BCUT2D eigenvalue weighted by Gasteiger charge is 2.20. The third kappa shape index (κ3) is 5.70. The van der Waals surface area contributed by atoms with Gasteiger partial charge in [0.2, 0.25) is 0 Å². The van der Waals surface area contributed by atoms with Crippen LogP contribution in [0.1, 0.15) is 63.4 Å². The summed E-state index contributed by atoms with van der Waals surface area (Å²) in [5, 5.41) is 0. The Kier molecular flexibility index (Phi) is 7.81. The second-order valence-electron chi connectivity index (χ2n) is 8.83.